The molecule has 2 rings (SSSR count). The van der Waals surface area contributed by atoms with Crippen LogP contribution < -0.4 is 14.8 Å². The number of hydrogen-bond acceptors (Lipinski definition) is 3. The first-order chi connectivity index (χ1) is 10.3. The van der Waals surface area contributed by atoms with E-state index in [0.29, 0.717) is 6.61 Å². The molecule has 0 aromatic heterocycles. The highest BCUT2D eigenvalue weighted by atomic mass is 16.5. The van der Waals surface area contributed by atoms with Gasteiger partial charge in [-0.2, -0.15) is 0 Å². The lowest BCUT2D eigenvalue weighted by Crippen LogP contribution is -2.13. The number of methoxy groups -OCH3 is 1. The lowest BCUT2D eigenvalue weighted by molar-refractivity contribution is 0.296. The van der Waals surface area contributed by atoms with Crippen molar-refractivity contribution in [3.8, 4) is 11.5 Å². The number of benzene rings is 2. The molecule has 2 aromatic carbocycles. The van der Waals surface area contributed by atoms with Gasteiger partial charge in [0.15, 0.2) is 0 Å². The summed E-state index contributed by atoms with van der Waals surface area (Å²) in [7, 11) is 1.68. The summed E-state index contributed by atoms with van der Waals surface area (Å²) in [4.78, 5) is 0. The fourth-order valence-electron chi connectivity index (χ4n) is 2.14. The molecule has 0 saturated carbocycles. The largest absolute Gasteiger partial charge is 0.496 e. The molecular formula is C18H23NO2. The van der Waals surface area contributed by atoms with E-state index in [0.717, 1.165) is 36.6 Å². The second-order valence-electron chi connectivity index (χ2n) is 4.92. The van der Waals surface area contributed by atoms with Crippen LogP contribution in [0.2, 0.25) is 0 Å². The zero-order chi connectivity index (χ0) is 14.9. The minimum Gasteiger partial charge on any atom is -0.496 e. The first-order valence-corrected chi connectivity index (χ1v) is 7.38. The van der Waals surface area contributed by atoms with E-state index in [2.05, 4.69) is 24.4 Å². The van der Waals surface area contributed by atoms with Crippen molar-refractivity contribution in [3.05, 3.63) is 59.7 Å². The van der Waals surface area contributed by atoms with Crippen LogP contribution in [0.4, 0.5) is 0 Å². The van der Waals surface area contributed by atoms with E-state index in [1.54, 1.807) is 7.11 Å². The monoisotopic (exact) mass is 285 g/mol. The molecule has 2 aromatic rings. The average Bonchev–Trinajstić information content (AvgIpc) is 2.54. The zero-order valence-corrected chi connectivity index (χ0v) is 12.8. The molecule has 3 heteroatoms. The molecule has 0 bridgehead atoms. The van der Waals surface area contributed by atoms with Crippen LogP contribution in [-0.4, -0.2) is 13.7 Å². The van der Waals surface area contributed by atoms with Crippen molar-refractivity contribution >= 4 is 0 Å². The molecule has 0 amide bonds. The minimum absolute atomic E-state index is 0.510. The Balaban J connectivity index is 1.95. The first-order valence-electron chi connectivity index (χ1n) is 7.38. The second-order valence-corrected chi connectivity index (χ2v) is 4.92. The highest BCUT2D eigenvalue weighted by Gasteiger charge is 2.03. The molecule has 0 radical (unpaired) electrons. The van der Waals surface area contributed by atoms with Crippen LogP contribution in [0.15, 0.2) is 48.5 Å². The van der Waals surface area contributed by atoms with Crippen molar-refractivity contribution in [1.29, 1.82) is 0 Å². The number of ether oxygens (including phenoxy) is 2. The number of nitrogens with one attached hydrogen (secondary N) is 1. The van der Waals surface area contributed by atoms with Gasteiger partial charge in [0.05, 0.1) is 7.11 Å². The second kappa shape index (κ2) is 8.32. The SMILES string of the molecule is CCCNCc1cccc(OCc2ccccc2OC)c1. The van der Waals surface area contributed by atoms with Gasteiger partial charge in [-0.3, -0.25) is 0 Å². The predicted molar refractivity (Wildman–Crippen MR) is 85.8 cm³/mol. The molecule has 0 aliphatic rings. The fourth-order valence-corrected chi connectivity index (χ4v) is 2.14. The van der Waals surface area contributed by atoms with Crippen molar-refractivity contribution in [3.63, 3.8) is 0 Å². The lowest BCUT2D eigenvalue weighted by atomic mass is 10.2. The van der Waals surface area contributed by atoms with Crippen LogP contribution in [0, 0.1) is 0 Å². The van der Waals surface area contributed by atoms with Crippen LogP contribution in [0.3, 0.4) is 0 Å². The van der Waals surface area contributed by atoms with Crippen molar-refractivity contribution in [2.45, 2.75) is 26.5 Å². The Morgan fingerprint density at radius 2 is 1.90 bits per heavy atom. The van der Waals surface area contributed by atoms with E-state index >= 15 is 0 Å². The minimum atomic E-state index is 0.510. The van der Waals surface area contributed by atoms with Gasteiger partial charge < -0.3 is 14.8 Å². The Labute approximate surface area is 126 Å². The maximum absolute atomic E-state index is 5.87. The summed E-state index contributed by atoms with van der Waals surface area (Å²) in [5.41, 5.74) is 2.29. The van der Waals surface area contributed by atoms with Gasteiger partial charge in [-0.25, -0.2) is 0 Å². The molecule has 3 nitrogen and oxygen atoms in total. The topological polar surface area (TPSA) is 30.5 Å². The fraction of sp³-hybridized carbons (Fsp3) is 0.333. The van der Waals surface area contributed by atoms with E-state index in [-0.39, 0.29) is 0 Å². The van der Waals surface area contributed by atoms with Gasteiger partial charge in [0, 0.05) is 12.1 Å². The quantitative estimate of drug-likeness (QED) is 0.749. The number of para-hydroxylation sites is 1. The summed E-state index contributed by atoms with van der Waals surface area (Å²) >= 11 is 0. The summed E-state index contributed by atoms with van der Waals surface area (Å²) in [6.45, 7) is 4.58. The van der Waals surface area contributed by atoms with Gasteiger partial charge >= 0.3 is 0 Å². The summed E-state index contributed by atoms with van der Waals surface area (Å²) in [5, 5.41) is 3.40. The average molecular weight is 285 g/mol. The van der Waals surface area contributed by atoms with Crippen molar-refractivity contribution in [1.82, 2.24) is 5.32 Å². The Kier molecular flexibility index (Phi) is 6.10. The molecule has 1 N–H and O–H groups in total. The van der Waals surface area contributed by atoms with Gasteiger partial charge in [-0.1, -0.05) is 37.3 Å². The maximum atomic E-state index is 5.87. The van der Waals surface area contributed by atoms with Crippen LogP contribution in [0.25, 0.3) is 0 Å². The van der Waals surface area contributed by atoms with Crippen molar-refractivity contribution in [2.24, 2.45) is 0 Å². The molecule has 21 heavy (non-hydrogen) atoms. The van der Waals surface area contributed by atoms with Gasteiger partial charge in [0.25, 0.3) is 0 Å². The highest BCUT2D eigenvalue weighted by molar-refractivity contribution is 5.34. The molecule has 0 saturated heterocycles. The molecular weight excluding hydrogens is 262 g/mol. The molecule has 0 fully saturated rings. The standard InChI is InChI=1S/C18H23NO2/c1-3-11-19-13-15-7-6-9-17(12-15)21-14-16-8-4-5-10-18(16)20-2/h4-10,12,19H,3,11,13-14H2,1-2H3. The van der Waals surface area contributed by atoms with Gasteiger partial charge in [0.2, 0.25) is 0 Å². The van der Waals surface area contributed by atoms with Crippen molar-refractivity contribution < 1.29 is 9.47 Å². The number of rotatable bonds is 8. The Hall–Kier alpha value is -2.00. The Bertz CT molecular complexity index is 554. The maximum Gasteiger partial charge on any atom is 0.125 e. The predicted octanol–water partition coefficient (Wildman–Crippen LogP) is 3.77. The lowest BCUT2D eigenvalue weighted by Gasteiger charge is -2.11. The summed E-state index contributed by atoms with van der Waals surface area (Å²) in [6, 6.07) is 16.1. The first kappa shape index (κ1) is 15.4. The Morgan fingerprint density at radius 3 is 2.71 bits per heavy atom. The zero-order valence-electron chi connectivity index (χ0n) is 12.8. The normalized spacial score (nSPS) is 10.4. The van der Waals surface area contributed by atoms with Gasteiger partial charge in [0.1, 0.15) is 18.1 Å². The van der Waals surface area contributed by atoms with Gasteiger partial charge in [-0.15, -0.1) is 0 Å². The molecule has 112 valence electrons. The van der Waals surface area contributed by atoms with E-state index < -0.39 is 0 Å². The van der Waals surface area contributed by atoms with E-state index in [1.807, 2.05) is 36.4 Å². The summed E-state index contributed by atoms with van der Waals surface area (Å²) < 4.78 is 11.2. The summed E-state index contributed by atoms with van der Waals surface area (Å²) in [6.07, 6.45) is 1.14. The van der Waals surface area contributed by atoms with E-state index in [4.69, 9.17) is 9.47 Å². The van der Waals surface area contributed by atoms with Crippen LogP contribution in [0.5, 0.6) is 11.5 Å². The third-order valence-corrected chi connectivity index (χ3v) is 3.24. The smallest absolute Gasteiger partial charge is 0.125 e. The third kappa shape index (κ3) is 4.80. The van der Waals surface area contributed by atoms with E-state index in [9.17, 15) is 0 Å². The van der Waals surface area contributed by atoms with E-state index in [1.165, 1.54) is 5.56 Å². The third-order valence-electron chi connectivity index (χ3n) is 3.24. The van der Waals surface area contributed by atoms with Crippen LogP contribution in [-0.2, 0) is 13.2 Å². The molecule has 0 spiro atoms. The van der Waals surface area contributed by atoms with Crippen molar-refractivity contribution in [2.75, 3.05) is 13.7 Å². The van der Waals surface area contributed by atoms with Crippen LogP contribution in [0.1, 0.15) is 24.5 Å². The molecule has 0 heterocycles. The molecule has 0 aliphatic heterocycles. The molecule has 0 atom stereocenters. The van der Waals surface area contributed by atoms with Crippen LogP contribution >= 0.6 is 0 Å². The number of hydrogen-bond donors (Lipinski definition) is 1. The molecule has 0 unspecified atom stereocenters. The molecule has 0 aliphatic carbocycles. The summed E-state index contributed by atoms with van der Waals surface area (Å²) in [5.74, 6) is 1.75. The van der Waals surface area contributed by atoms with Gasteiger partial charge in [-0.05, 0) is 36.7 Å². The Morgan fingerprint density at radius 1 is 1.05 bits per heavy atom. The highest BCUT2D eigenvalue weighted by Crippen LogP contribution is 2.20.